The van der Waals surface area contributed by atoms with E-state index in [0.717, 1.165) is 10.9 Å². The fourth-order valence-corrected chi connectivity index (χ4v) is 1.22. The maximum absolute atomic E-state index is 10.4. The van der Waals surface area contributed by atoms with Crippen LogP contribution >= 0.6 is 0 Å². The van der Waals surface area contributed by atoms with Gasteiger partial charge in [-0.25, -0.2) is 4.98 Å². The number of H-pyrrole nitrogens is 1. The summed E-state index contributed by atoms with van der Waals surface area (Å²) in [6, 6.07) is 8.38. The number of nitrogens with one attached hydrogen (secondary N) is 1. The highest BCUT2D eigenvalue weighted by atomic mass is 79.9. The SMILES string of the molecule is O=[N+]([O-])c1ccc2[nH+]cccc2c1.[Br-]. The summed E-state index contributed by atoms with van der Waals surface area (Å²) in [5, 5.41) is 11.3. The van der Waals surface area contributed by atoms with Crippen LogP contribution in [0.5, 0.6) is 0 Å². The number of benzene rings is 1. The van der Waals surface area contributed by atoms with E-state index in [1.807, 2.05) is 12.1 Å². The van der Waals surface area contributed by atoms with Gasteiger partial charge in [0.1, 0.15) is 0 Å². The van der Waals surface area contributed by atoms with Gasteiger partial charge in [0.15, 0.2) is 6.20 Å². The van der Waals surface area contributed by atoms with Crippen molar-refractivity contribution in [2.75, 3.05) is 0 Å². The largest absolute Gasteiger partial charge is 1.00 e. The topological polar surface area (TPSA) is 57.3 Å². The third kappa shape index (κ3) is 1.88. The first-order valence-electron chi connectivity index (χ1n) is 3.82. The molecular formula is C9H7BrN2O2. The van der Waals surface area contributed by atoms with Crippen molar-refractivity contribution in [2.45, 2.75) is 0 Å². The second-order valence-corrected chi connectivity index (χ2v) is 2.70. The Hall–Kier alpha value is -1.49. The number of fused-ring (bicyclic) bond motifs is 1. The maximum atomic E-state index is 10.4. The molecule has 1 aromatic carbocycles. The van der Waals surface area contributed by atoms with Crippen molar-refractivity contribution in [2.24, 2.45) is 0 Å². The molecule has 2 aromatic rings. The number of aromatic nitrogens is 1. The Morgan fingerprint density at radius 1 is 1.29 bits per heavy atom. The molecule has 5 heteroatoms. The molecule has 0 saturated carbocycles. The van der Waals surface area contributed by atoms with Gasteiger partial charge < -0.3 is 17.0 Å². The molecule has 4 nitrogen and oxygen atoms in total. The van der Waals surface area contributed by atoms with Gasteiger partial charge in [0.05, 0.1) is 10.3 Å². The van der Waals surface area contributed by atoms with Crippen LogP contribution < -0.4 is 22.0 Å². The van der Waals surface area contributed by atoms with E-state index >= 15 is 0 Å². The van der Waals surface area contributed by atoms with Crippen molar-refractivity contribution >= 4 is 16.6 Å². The number of hydrogen-bond acceptors (Lipinski definition) is 2. The molecule has 0 aliphatic rings. The summed E-state index contributed by atoms with van der Waals surface area (Å²) in [6.45, 7) is 0. The number of halogens is 1. The zero-order valence-electron chi connectivity index (χ0n) is 7.11. The highest BCUT2D eigenvalue weighted by molar-refractivity contribution is 5.77. The summed E-state index contributed by atoms with van der Waals surface area (Å²) in [5.41, 5.74) is 1.01. The van der Waals surface area contributed by atoms with Crippen LogP contribution in [0.15, 0.2) is 36.5 Å². The first kappa shape index (κ1) is 10.6. The predicted molar refractivity (Wildman–Crippen MR) is 47.2 cm³/mol. The zero-order valence-corrected chi connectivity index (χ0v) is 8.69. The van der Waals surface area contributed by atoms with Gasteiger partial charge in [-0.15, -0.1) is 0 Å². The van der Waals surface area contributed by atoms with Crippen molar-refractivity contribution < 1.29 is 26.9 Å². The monoisotopic (exact) mass is 254 g/mol. The van der Waals surface area contributed by atoms with Crippen LogP contribution in [0.1, 0.15) is 0 Å². The Morgan fingerprint density at radius 2 is 2.07 bits per heavy atom. The molecule has 0 unspecified atom stereocenters. The van der Waals surface area contributed by atoms with E-state index < -0.39 is 4.92 Å². The maximum Gasteiger partial charge on any atom is 0.270 e. The second-order valence-electron chi connectivity index (χ2n) is 2.70. The lowest BCUT2D eigenvalue weighted by Crippen LogP contribution is -3.00. The molecule has 14 heavy (non-hydrogen) atoms. The summed E-state index contributed by atoms with van der Waals surface area (Å²) < 4.78 is 0. The highest BCUT2D eigenvalue weighted by Crippen LogP contribution is 2.16. The lowest BCUT2D eigenvalue weighted by molar-refractivity contribution is -0.385. The standard InChI is InChI=1S/C9H6N2O2.BrH/c12-11(13)8-3-4-9-7(6-8)2-1-5-10-9;/h1-6H;1H. The van der Waals surface area contributed by atoms with E-state index in [9.17, 15) is 10.1 Å². The molecule has 0 bridgehead atoms. The van der Waals surface area contributed by atoms with Gasteiger partial charge in [0.25, 0.3) is 5.69 Å². The first-order chi connectivity index (χ1) is 6.27. The molecule has 2 rings (SSSR count). The lowest BCUT2D eigenvalue weighted by atomic mass is 10.2. The van der Waals surface area contributed by atoms with Crippen LogP contribution in [0.3, 0.4) is 0 Å². The molecule has 0 aliphatic carbocycles. The fraction of sp³-hybridized carbons (Fsp3) is 0. The Bertz CT molecular complexity index is 473. The van der Waals surface area contributed by atoms with Gasteiger partial charge in [-0.2, -0.15) is 0 Å². The average Bonchev–Trinajstić information content (AvgIpc) is 2.17. The number of nitro groups is 1. The van der Waals surface area contributed by atoms with E-state index in [4.69, 9.17) is 0 Å². The number of nitrogens with zero attached hydrogens (tertiary/aromatic N) is 1. The molecule has 0 aliphatic heterocycles. The minimum atomic E-state index is -0.396. The van der Waals surface area contributed by atoms with E-state index in [1.165, 1.54) is 6.07 Å². The van der Waals surface area contributed by atoms with Crippen LogP contribution in [-0.4, -0.2) is 4.92 Å². The molecule has 72 valence electrons. The first-order valence-corrected chi connectivity index (χ1v) is 3.82. The van der Waals surface area contributed by atoms with Crippen LogP contribution in [0.4, 0.5) is 5.69 Å². The van der Waals surface area contributed by atoms with Crippen molar-refractivity contribution in [3.63, 3.8) is 0 Å². The molecule has 1 aromatic heterocycles. The summed E-state index contributed by atoms with van der Waals surface area (Å²) in [7, 11) is 0. The normalized spacial score (nSPS) is 9.43. The number of aromatic amines is 1. The van der Waals surface area contributed by atoms with Crippen LogP contribution in [0.25, 0.3) is 10.9 Å². The molecule has 0 amide bonds. The third-order valence-corrected chi connectivity index (χ3v) is 1.86. The van der Waals surface area contributed by atoms with E-state index in [1.54, 1.807) is 18.3 Å². The van der Waals surface area contributed by atoms with E-state index in [2.05, 4.69) is 4.98 Å². The molecular weight excluding hydrogens is 248 g/mol. The number of rotatable bonds is 1. The minimum absolute atomic E-state index is 0. The lowest BCUT2D eigenvalue weighted by Gasteiger charge is -1.91. The van der Waals surface area contributed by atoms with Gasteiger partial charge in [-0.3, -0.25) is 10.1 Å². The molecule has 0 saturated heterocycles. The Kier molecular flexibility index (Phi) is 3.14. The van der Waals surface area contributed by atoms with Crippen LogP contribution in [0.2, 0.25) is 0 Å². The van der Waals surface area contributed by atoms with E-state index in [0.29, 0.717) is 0 Å². The summed E-state index contributed by atoms with van der Waals surface area (Å²) in [4.78, 5) is 13.0. The number of pyridine rings is 1. The van der Waals surface area contributed by atoms with Gasteiger partial charge >= 0.3 is 0 Å². The number of nitro benzene ring substituents is 1. The van der Waals surface area contributed by atoms with Crippen LogP contribution in [-0.2, 0) is 0 Å². The van der Waals surface area contributed by atoms with Crippen molar-refractivity contribution in [1.82, 2.24) is 0 Å². The minimum Gasteiger partial charge on any atom is -1.00 e. The summed E-state index contributed by atoms with van der Waals surface area (Å²) in [6.07, 6.45) is 1.79. The average molecular weight is 255 g/mol. The summed E-state index contributed by atoms with van der Waals surface area (Å²) in [5.74, 6) is 0. The van der Waals surface area contributed by atoms with Gasteiger partial charge in [-0.05, 0) is 6.07 Å². The van der Waals surface area contributed by atoms with Gasteiger partial charge in [-0.1, -0.05) is 0 Å². The van der Waals surface area contributed by atoms with Crippen molar-refractivity contribution in [3.05, 3.63) is 46.6 Å². The van der Waals surface area contributed by atoms with E-state index in [-0.39, 0.29) is 22.7 Å². The van der Waals surface area contributed by atoms with Gasteiger partial charge in [0.2, 0.25) is 5.52 Å². The smallest absolute Gasteiger partial charge is 0.270 e. The third-order valence-electron chi connectivity index (χ3n) is 1.86. The molecule has 1 N–H and O–H groups in total. The number of non-ortho nitro benzene ring substituents is 1. The second kappa shape index (κ2) is 4.15. The van der Waals surface area contributed by atoms with Crippen molar-refractivity contribution in [1.29, 1.82) is 0 Å². The Balaban J connectivity index is 0.000000980. The molecule has 0 fully saturated rings. The van der Waals surface area contributed by atoms with Gasteiger partial charge in [0, 0.05) is 24.3 Å². The zero-order chi connectivity index (χ0) is 9.26. The molecule has 0 spiro atoms. The fourth-order valence-electron chi connectivity index (χ4n) is 1.22. The predicted octanol–water partition coefficient (Wildman–Crippen LogP) is -1.43. The quantitative estimate of drug-likeness (QED) is 0.463. The number of hydrogen-bond donors (Lipinski definition) is 0. The van der Waals surface area contributed by atoms with Crippen LogP contribution in [0, 0.1) is 10.1 Å². The molecule has 1 heterocycles. The molecule has 0 atom stereocenters. The molecule has 0 radical (unpaired) electrons. The Morgan fingerprint density at radius 3 is 2.79 bits per heavy atom. The Labute approximate surface area is 90.5 Å². The summed E-state index contributed by atoms with van der Waals surface area (Å²) >= 11 is 0. The highest BCUT2D eigenvalue weighted by Gasteiger charge is 2.07. The van der Waals surface area contributed by atoms with Crippen molar-refractivity contribution in [3.8, 4) is 0 Å².